The standard InChI is InChI=1S/C9H13IN2/c10-7-5-9(12-6-7)8-3-1-2-4-11-8/h5-6,8,11-12H,1-4H2/t8-/m1/s1. The lowest BCUT2D eigenvalue weighted by atomic mass is 10.0. The average Bonchev–Trinajstić information content (AvgIpc) is 2.54. The molecule has 3 heteroatoms. The first-order chi connectivity index (χ1) is 5.86. The quantitative estimate of drug-likeness (QED) is 0.757. The van der Waals surface area contributed by atoms with Crippen molar-refractivity contribution in [3.05, 3.63) is 21.5 Å². The zero-order valence-corrected chi connectivity index (χ0v) is 9.10. The fourth-order valence-electron chi connectivity index (χ4n) is 1.70. The number of hydrogen-bond acceptors (Lipinski definition) is 1. The molecule has 2 rings (SSSR count). The van der Waals surface area contributed by atoms with Crippen molar-refractivity contribution in [2.45, 2.75) is 25.3 Å². The second-order valence-electron chi connectivity index (χ2n) is 3.28. The van der Waals surface area contributed by atoms with Crippen LogP contribution in [0.1, 0.15) is 31.0 Å². The summed E-state index contributed by atoms with van der Waals surface area (Å²) < 4.78 is 1.30. The molecule has 1 saturated heterocycles. The topological polar surface area (TPSA) is 27.8 Å². The van der Waals surface area contributed by atoms with Gasteiger partial charge in [-0.3, -0.25) is 0 Å². The van der Waals surface area contributed by atoms with Gasteiger partial charge in [0.1, 0.15) is 0 Å². The number of piperidine rings is 1. The zero-order valence-electron chi connectivity index (χ0n) is 6.94. The van der Waals surface area contributed by atoms with Gasteiger partial charge in [-0.05, 0) is 48.0 Å². The minimum absolute atomic E-state index is 0.572. The van der Waals surface area contributed by atoms with Crippen LogP contribution in [0.25, 0.3) is 0 Å². The van der Waals surface area contributed by atoms with Gasteiger partial charge in [0.05, 0.1) is 0 Å². The molecule has 12 heavy (non-hydrogen) atoms. The van der Waals surface area contributed by atoms with Crippen LogP contribution in [-0.4, -0.2) is 11.5 Å². The summed E-state index contributed by atoms with van der Waals surface area (Å²) in [6, 6.07) is 2.80. The Bertz CT molecular complexity index is 251. The molecule has 1 aromatic heterocycles. The summed E-state index contributed by atoms with van der Waals surface area (Å²) in [5.74, 6) is 0. The van der Waals surface area contributed by atoms with Gasteiger partial charge < -0.3 is 10.3 Å². The van der Waals surface area contributed by atoms with Crippen LogP contribution in [0.4, 0.5) is 0 Å². The van der Waals surface area contributed by atoms with Crippen molar-refractivity contribution in [3.8, 4) is 0 Å². The van der Waals surface area contributed by atoms with Gasteiger partial charge in [-0.2, -0.15) is 0 Å². The molecule has 2 N–H and O–H groups in total. The molecule has 66 valence electrons. The van der Waals surface area contributed by atoms with E-state index in [0.29, 0.717) is 6.04 Å². The van der Waals surface area contributed by atoms with E-state index in [1.165, 1.54) is 35.1 Å². The number of hydrogen-bond donors (Lipinski definition) is 2. The smallest absolute Gasteiger partial charge is 0.0473 e. The van der Waals surface area contributed by atoms with Crippen LogP contribution in [-0.2, 0) is 0 Å². The summed E-state index contributed by atoms with van der Waals surface area (Å²) >= 11 is 2.34. The maximum Gasteiger partial charge on any atom is 0.0473 e. The highest BCUT2D eigenvalue weighted by Gasteiger charge is 2.15. The second kappa shape index (κ2) is 3.79. The van der Waals surface area contributed by atoms with E-state index in [1.54, 1.807) is 0 Å². The third kappa shape index (κ3) is 1.82. The van der Waals surface area contributed by atoms with Gasteiger partial charge in [-0.25, -0.2) is 0 Å². The Morgan fingerprint density at radius 2 is 2.33 bits per heavy atom. The summed E-state index contributed by atoms with van der Waals surface area (Å²) in [6.45, 7) is 1.17. The lowest BCUT2D eigenvalue weighted by Crippen LogP contribution is -2.26. The number of aromatic nitrogens is 1. The number of rotatable bonds is 1. The Labute approximate surface area is 86.3 Å². The molecule has 0 saturated carbocycles. The van der Waals surface area contributed by atoms with E-state index >= 15 is 0 Å². The molecule has 0 aliphatic carbocycles. The highest BCUT2D eigenvalue weighted by Crippen LogP contribution is 2.22. The molecule has 0 spiro atoms. The first-order valence-electron chi connectivity index (χ1n) is 4.43. The van der Waals surface area contributed by atoms with E-state index in [9.17, 15) is 0 Å². The molecule has 1 fully saturated rings. The van der Waals surface area contributed by atoms with Gasteiger partial charge in [0.15, 0.2) is 0 Å². The van der Waals surface area contributed by atoms with Gasteiger partial charge >= 0.3 is 0 Å². The zero-order chi connectivity index (χ0) is 8.39. The largest absolute Gasteiger partial charge is 0.363 e. The Hall–Kier alpha value is -0.0300. The van der Waals surface area contributed by atoms with Crippen LogP contribution in [0.5, 0.6) is 0 Å². The summed E-state index contributed by atoms with van der Waals surface area (Å²) in [7, 11) is 0. The van der Waals surface area contributed by atoms with E-state index in [1.807, 2.05) is 0 Å². The predicted octanol–water partition coefficient (Wildman–Crippen LogP) is 2.43. The Kier molecular flexibility index (Phi) is 2.70. The van der Waals surface area contributed by atoms with Gasteiger partial charge in [0.2, 0.25) is 0 Å². The number of halogens is 1. The number of H-pyrrole nitrogens is 1. The molecule has 0 aromatic carbocycles. The van der Waals surface area contributed by atoms with E-state index in [2.05, 4.69) is 45.2 Å². The van der Waals surface area contributed by atoms with E-state index < -0.39 is 0 Å². The fourth-order valence-corrected chi connectivity index (χ4v) is 2.19. The molecule has 0 radical (unpaired) electrons. The minimum atomic E-state index is 0.572. The molecular formula is C9H13IN2. The van der Waals surface area contributed by atoms with Crippen LogP contribution in [0, 0.1) is 3.57 Å². The van der Waals surface area contributed by atoms with Crippen molar-refractivity contribution >= 4 is 22.6 Å². The third-order valence-corrected chi connectivity index (χ3v) is 2.98. The van der Waals surface area contributed by atoms with Crippen LogP contribution in [0.2, 0.25) is 0 Å². The van der Waals surface area contributed by atoms with Crippen LogP contribution in [0.3, 0.4) is 0 Å². The first-order valence-corrected chi connectivity index (χ1v) is 5.51. The second-order valence-corrected chi connectivity index (χ2v) is 4.52. The minimum Gasteiger partial charge on any atom is -0.363 e. The summed E-state index contributed by atoms with van der Waals surface area (Å²) in [4.78, 5) is 3.31. The fraction of sp³-hybridized carbons (Fsp3) is 0.556. The molecule has 0 unspecified atom stereocenters. The van der Waals surface area contributed by atoms with Crippen molar-refractivity contribution in [1.82, 2.24) is 10.3 Å². The van der Waals surface area contributed by atoms with E-state index in [0.717, 1.165) is 0 Å². The Morgan fingerprint density at radius 3 is 2.92 bits per heavy atom. The van der Waals surface area contributed by atoms with Crippen molar-refractivity contribution in [2.75, 3.05) is 6.54 Å². The lowest BCUT2D eigenvalue weighted by Gasteiger charge is -2.22. The number of nitrogens with one attached hydrogen (secondary N) is 2. The molecule has 0 amide bonds. The van der Waals surface area contributed by atoms with E-state index in [-0.39, 0.29) is 0 Å². The van der Waals surface area contributed by atoms with Crippen LogP contribution in [0.15, 0.2) is 12.3 Å². The van der Waals surface area contributed by atoms with Crippen molar-refractivity contribution in [3.63, 3.8) is 0 Å². The van der Waals surface area contributed by atoms with Gasteiger partial charge in [0.25, 0.3) is 0 Å². The third-order valence-electron chi connectivity index (χ3n) is 2.36. The van der Waals surface area contributed by atoms with Gasteiger partial charge in [-0.15, -0.1) is 0 Å². The molecule has 2 nitrogen and oxygen atoms in total. The van der Waals surface area contributed by atoms with Crippen molar-refractivity contribution in [1.29, 1.82) is 0 Å². The highest BCUT2D eigenvalue weighted by atomic mass is 127. The molecular weight excluding hydrogens is 263 g/mol. The predicted molar refractivity (Wildman–Crippen MR) is 58.1 cm³/mol. The highest BCUT2D eigenvalue weighted by molar-refractivity contribution is 14.1. The average molecular weight is 276 g/mol. The maximum absolute atomic E-state index is 3.51. The molecule has 0 bridgehead atoms. The monoisotopic (exact) mass is 276 g/mol. The Morgan fingerprint density at radius 1 is 1.42 bits per heavy atom. The van der Waals surface area contributed by atoms with Gasteiger partial charge in [-0.1, -0.05) is 6.42 Å². The molecule has 1 atom stereocenters. The van der Waals surface area contributed by atoms with Crippen LogP contribution < -0.4 is 5.32 Å². The first kappa shape index (κ1) is 8.56. The van der Waals surface area contributed by atoms with Crippen molar-refractivity contribution in [2.24, 2.45) is 0 Å². The molecule has 1 aromatic rings. The van der Waals surface area contributed by atoms with Crippen molar-refractivity contribution < 1.29 is 0 Å². The van der Waals surface area contributed by atoms with Crippen LogP contribution >= 0.6 is 22.6 Å². The summed E-state index contributed by atoms with van der Waals surface area (Å²) in [5.41, 5.74) is 1.35. The molecule has 1 aliphatic rings. The SMILES string of the molecule is Ic1c[nH]c([C@H]2CCCCN2)c1. The Balaban J connectivity index is 2.08. The number of aromatic amines is 1. The lowest BCUT2D eigenvalue weighted by molar-refractivity contribution is 0.406. The normalized spacial score (nSPS) is 24.2. The molecule has 2 heterocycles. The summed E-state index contributed by atoms with van der Waals surface area (Å²) in [5, 5.41) is 3.51. The van der Waals surface area contributed by atoms with E-state index in [4.69, 9.17) is 0 Å². The maximum atomic E-state index is 3.51. The summed E-state index contributed by atoms with van der Waals surface area (Å²) in [6.07, 6.45) is 6.02. The molecule has 1 aliphatic heterocycles. The van der Waals surface area contributed by atoms with Gasteiger partial charge in [0, 0.05) is 21.5 Å².